The highest BCUT2D eigenvalue weighted by Crippen LogP contribution is 2.24. The number of aryl methyl sites for hydroxylation is 2. The molecule has 0 aliphatic carbocycles. The van der Waals surface area contributed by atoms with Crippen molar-refractivity contribution in [2.24, 2.45) is 0 Å². The smallest absolute Gasteiger partial charge is 0.124 e. The van der Waals surface area contributed by atoms with Gasteiger partial charge in [-0.15, -0.1) is 0 Å². The molecule has 0 unspecified atom stereocenters. The van der Waals surface area contributed by atoms with E-state index in [1.54, 1.807) is 7.11 Å². The molecule has 96 valence electrons. The van der Waals surface area contributed by atoms with E-state index in [0.29, 0.717) is 0 Å². The van der Waals surface area contributed by atoms with Gasteiger partial charge in [0.15, 0.2) is 0 Å². The van der Waals surface area contributed by atoms with Gasteiger partial charge in [0, 0.05) is 6.54 Å². The molecule has 0 heterocycles. The first-order valence-corrected chi connectivity index (χ1v) is 6.05. The van der Waals surface area contributed by atoms with Crippen molar-refractivity contribution in [1.29, 1.82) is 0 Å². The van der Waals surface area contributed by atoms with Crippen LogP contribution in [0.5, 0.6) is 5.75 Å². The molecule has 1 aromatic carbocycles. The van der Waals surface area contributed by atoms with Gasteiger partial charge < -0.3 is 14.8 Å². The fraction of sp³-hybridized carbons (Fsp3) is 0.571. The van der Waals surface area contributed by atoms with Gasteiger partial charge in [-0.3, -0.25) is 0 Å². The van der Waals surface area contributed by atoms with Gasteiger partial charge >= 0.3 is 0 Å². The van der Waals surface area contributed by atoms with E-state index in [2.05, 4.69) is 31.3 Å². The van der Waals surface area contributed by atoms with E-state index in [-0.39, 0.29) is 0 Å². The molecule has 0 bridgehead atoms. The number of hydrogen-bond donors (Lipinski definition) is 1. The van der Waals surface area contributed by atoms with E-state index in [9.17, 15) is 0 Å². The number of hydrogen-bond acceptors (Lipinski definition) is 3. The van der Waals surface area contributed by atoms with Crippen LogP contribution in [0.15, 0.2) is 12.1 Å². The van der Waals surface area contributed by atoms with Crippen LogP contribution in [-0.4, -0.2) is 33.9 Å². The molecule has 1 aromatic rings. The highest BCUT2D eigenvalue weighted by molar-refractivity contribution is 5.43. The minimum atomic E-state index is 0.768. The van der Waals surface area contributed by atoms with Crippen LogP contribution >= 0.6 is 0 Å². The largest absolute Gasteiger partial charge is 0.496 e. The van der Waals surface area contributed by atoms with Crippen molar-refractivity contribution < 1.29 is 9.47 Å². The van der Waals surface area contributed by atoms with Crippen molar-refractivity contribution in [2.75, 3.05) is 33.9 Å². The van der Waals surface area contributed by atoms with Gasteiger partial charge in [0.1, 0.15) is 5.75 Å². The average Bonchev–Trinajstić information content (AvgIpc) is 2.28. The number of ether oxygens (including phenoxy) is 2. The zero-order chi connectivity index (χ0) is 12.7. The summed E-state index contributed by atoms with van der Waals surface area (Å²) in [6, 6.07) is 4.35. The predicted octanol–water partition coefficient (Wildman–Crippen LogP) is 2.09. The van der Waals surface area contributed by atoms with Crippen molar-refractivity contribution >= 4 is 0 Å². The number of methoxy groups -OCH3 is 1. The first-order chi connectivity index (χ1) is 8.19. The molecule has 1 N–H and O–H groups in total. The first kappa shape index (κ1) is 14.0. The summed E-state index contributed by atoms with van der Waals surface area (Å²) in [5, 5.41) is 3.06. The monoisotopic (exact) mass is 237 g/mol. The van der Waals surface area contributed by atoms with Gasteiger partial charge in [0.25, 0.3) is 0 Å². The molecule has 0 fully saturated rings. The van der Waals surface area contributed by atoms with E-state index < -0.39 is 0 Å². The summed E-state index contributed by atoms with van der Waals surface area (Å²) in [6.07, 6.45) is 0.954. The van der Waals surface area contributed by atoms with E-state index in [0.717, 1.165) is 31.9 Å². The predicted molar refractivity (Wildman–Crippen MR) is 70.9 cm³/mol. The summed E-state index contributed by atoms with van der Waals surface area (Å²) in [4.78, 5) is 0. The Balaban J connectivity index is 2.49. The van der Waals surface area contributed by atoms with Crippen LogP contribution in [0.1, 0.15) is 16.7 Å². The van der Waals surface area contributed by atoms with E-state index in [4.69, 9.17) is 9.47 Å². The van der Waals surface area contributed by atoms with Crippen molar-refractivity contribution in [2.45, 2.75) is 20.3 Å². The average molecular weight is 237 g/mol. The van der Waals surface area contributed by atoms with E-state index >= 15 is 0 Å². The quantitative estimate of drug-likeness (QED) is 0.737. The Bertz CT molecular complexity index is 327. The molecular formula is C14H23NO2. The van der Waals surface area contributed by atoms with Crippen LogP contribution < -0.4 is 10.1 Å². The maximum Gasteiger partial charge on any atom is 0.124 e. The number of rotatable bonds is 7. The van der Waals surface area contributed by atoms with Gasteiger partial charge in [-0.05, 0) is 44.0 Å². The van der Waals surface area contributed by atoms with Crippen LogP contribution in [0, 0.1) is 13.8 Å². The van der Waals surface area contributed by atoms with Crippen LogP contribution in [0.4, 0.5) is 0 Å². The Labute approximate surface area is 104 Å². The van der Waals surface area contributed by atoms with Gasteiger partial charge in [-0.2, -0.15) is 0 Å². The number of likely N-dealkylation sites (N-methyl/N-ethyl adjacent to an activating group) is 1. The zero-order valence-electron chi connectivity index (χ0n) is 11.3. The summed E-state index contributed by atoms with van der Waals surface area (Å²) in [5.41, 5.74) is 3.70. The standard InChI is InChI=1S/C14H23NO2/c1-11-9-13(5-7-17-8-6-15-3)10-12(2)14(11)16-4/h9-10,15H,5-8H2,1-4H3. The lowest BCUT2D eigenvalue weighted by molar-refractivity contribution is 0.140. The van der Waals surface area contributed by atoms with Crippen molar-refractivity contribution in [3.8, 4) is 5.75 Å². The summed E-state index contributed by atoms with van der Waals surface area (Å²) < 4.78 is 10.9. The minimum absolute atomic E-state index is 0.768. The second kappa shape index (κ2) is 7.30. The zero-order valence-corrected chi connectivity index (χ0v) is 11.3. The highest BCUT2D eigenvalue weighted by atomic mass is 16.5. The van der Waals surface area contributed by atoms with Crippen LogP contribution in [0.25, 0.3) is 0 Å². The van der Waals surface area contributed by atoms with Gasteiger partial charge in [-0.1, -0.05) is 12.1 Å². The molecule has 0 aliphatic heterocycles. The normalized spacial score (nSPS) is 10.6. The fourth-order valence-electron chi connectivity index (χ4n) is 1.97. The molecule has 0 spiro atoms. The Hall–Kier alpha value is -1.06. The number of benzene rings is 1. The lowest BCUT2D eigenvalue weighted by atomic mass is 10.0. The molecule has 0 saturated heterocycles. The second-order valence-corrected chi connectivity index (χ2v) is 4.23. The molecule has 17 heavy (non-hydrogen) atoms. The number of nitrogens with one attached hydrogen (secondary N) is 1. The second-order valence-electron chi connectivity index (χ2n) is 4.23. The highest BCUT2D eigenvalue weighted by Gasteiger charge is 2.04. The van der Waals surface area contributed by atoms with E-state index in [1.807, 2.05) is 7.05 Å². The molecule has 3 nitrogen and oxygen atoms in total. The molecule has 0 radical (unpaired) electrons. The minimum Gasteiger partial charge on any atom is -0.496 e. The van der Waals surface area contributed by atoms with Crippen molar-refractivity contribution in [1.82, 2.24) is 5.32 Å². The Morgan fingerprint density at radius 1 is 1.12 bits per heavy atom. The molecule has 1 rings (SSSR count). The summed E-state index contributed by atoms with van der Waals surface area (Å²) in [6.45, 7) is 6.60. The summed E-state index contributed by atoms with van der Waals surface area (Å²) in [7, 11) is 3.65. The SMILES string of the molecule is CNCCOCCc1cc(C)c(OC)c(C)c1. The summed E-state index contributed by atoms with van der Waals surface area (Å²) >= 11 is 0. The van der Waals surface area contributed by atoms with Crippen LogP contribution in [-0.2, 0) is 11.2 Å². The summed E-state index contributed by atoms with van der Waals surface area (Å²) in [5.74, 6) is 0.991. The topological polar surface area (TPSA) is 30.5 Å². The van der Waals surface area contributed by atoms with Crippen molar-refractivity contribution in [3.05, 3.63) is 28.8 Å². The maximum absolute atomic E-state index is 5.52. The molecule has 0 amide bonds. The van der Waals surface area contributed by atoms with Gasteiger partial charge in [0.05, 0.1) is 20.3 Å². The van der Waals surface area contributed by atoms with Crippen molar-refractivity contribution in [3.63, 3.8) is 0 Å². The Kier molecular flexibility index (Phi) is 6.01. The molecule has 3 heteroatoms. The third-order valence-corrected chi connectivity index (χ3v) is 2.76. The maximum atomic E-state index is 5.52. The van der Waals surface area contributed by atoms with Crippen LogP contribution in [0.3, 0.4) is 0 Å². The van der Waals surface area contributed by atoms with E-state index in [1.165, 1.54) is 16.7 Å². The third-order valence-electron chi connectivity index (χ3n) is 2.76. The first-order valence-electron chi connectivity index (χ1n) is 6.05. The third kappa shape index (κ3) is 4.36. The van der Waals surface area contributed by atoms with Crippen LogP contribution in [0.2, 0.25) is 0 Å². The fourth-order valence-corrected chi connectivity index (χ4v) is 1.97. The molecule has 0 atom stereocenters. The Morgan fingerprint density at radius 2 is 1.76 bits per heavy atom. The molecule has 0 aliphatic rings. The van der Waals surface area contributed by atoms with Gasteiger partial charge in [-0.25, -0.2) is 0 Å². The lowest BCUT2D eigenvalue weighted by Crippen LogP contribution is -2.15. The molecule has 0 aromatic heterocycles. The molecular weight excluding hydrogens is 214 g/mol. The molecule has 0 saturated carbocycles. The Morgan fingerprint density at radius 3 is 2.29 bits per heavy atom. The lowest BCUT2D eigenvalue weighted by Gasteiger charge is -2.11. The van der Waals surface area contributed by atoms with Gasteiger partial charge in [0.2, 0.25) is 0 Å².